The summed E-state index contributed by atoms with van der Waals surface area (Å²) in [5, 5.41) is 10.0. The molecule has 96 valence electrons. The van der Waals surface area contributed by atoms with Crippen molar-refractivity contribution in [2.24, 2.45) is 0 Å². The second-order valence-electron chi connectivity index (χ2n) is 4.75. The minimum absolute atomic E-state index is 0.00476. The first-order chi connectivity index (χ1) is 8.78. The molecule has 3 N–H and O–H groups in total. The fraction of sp³-hybridized carbons (Fsp3) is 0.462. The Balaban J connectivity index is 1.81. The van der Waals surface area contributed by atoms with Crippen LogP contribution in [0.25, 0.3) is 11.0 Å². The SMILES string of the molecule is Nc1ccnc2c1ccn2C[C@H]1CC[C@@H](CO)O1. The van der Waals surface area contributed by atoms with Crippen LogP contribution in [0.15, 0.2) is 24.5 Å². The molecule has 5 nitrogen and oxygen atoms in total. The molecular weight excluding hydrogens is 230 g/mol. The van der Waals surface area contributed by atoms with Crippen LogP contribution in [0.5, 0.6) is 0 Å². The Morgan fingerprint density at radius 3 is 3.00 bits per heavy atom. The largest absolute Gasteiger partial charge is 0.398 e. The van der Waals surface area contributed by atoms with E-state index in [4.69, 9.17) is 15.6 Å². The van der Waals surface area contributed by atoms with Crippen molar-refractivity contribution in [1.29, 1.82) is 0 Å². The van der Waals surface area contributed by atoms with Gasteiger partial charge in [0.15, 0.2) is 0 Å². The van der Waals surface area contributed by atoms with E-state index in [0.717, 1.165) is 36.1 Å². The summed E-state index contributed by atoms with van der Waals surface area (Å²) >= 11 is 0. The van der Waals surface area contributed by atoms with E-state index < -0.39 is 0 Å². The lowest BCUT2D eigenvalue weighted by Crippen LogP contribution is -2.19. The molecule has 0 amide bonds. The number of nitrogens with two attached hydrogens (primary N) is 1. The maximum atomic E-state index is 9.06. The third-order valence-electron chi connectivity index (χ3n) is 3.50. The van der Waals surface area contributed by atoms with Gasteiger partial charge in [0, 0.05) is 23.5 Å². The highest BCUT2D eigenvalue weighted by Crippen LogP contribution is 2.24. The summed E-state index contributed by atoms with van der Waals surface area (Å²) in [5.41, 5.74) is 7.55. The van der Waals surface area contributed by atoms with E-state index in [2.05, 4.69) is 9.55 Å². The van der Waals surface area contributed by atoms with E-state index in [-0.39, 0.29) is 18.8 Å². The Morgan fingerprint density at radius 2 is 2.22 bits per heavy atom. The van der Waals surface area contributed by atoms with Crippen molar-refractivity contribution in [1.82, 2.24) is 9.55 Å². The Bertz CT molecular complexity index is 552. The van der Waals surface area contributed by atoms with Gasteiger partial charge in [0.25, 0.3) is 0 Å². The molecule has 2 atom stereocenters. The van der Waals surface area contributed by atoms with Crippen molar-refractivity contribution < 1.29 is 9.84 Å². The average Bonchev–Trinajstić information content (AvgIpc) is 2.98. The first-order valence-corrected chi connectivity index (χ1v) is 6.23. The smallest absolute Gasteiger partial charge is 0.141 e. The van der Waals surface area contributed by atoms with E-state index in [1.807, 2.05) is 12.3 Å². The van der Waals surface area contributed by atoms with Crippen LogP contribution in [-0.4, -0.2) is 33.5 Å². The van der Waals surface area contributed by atoms with E-state index in [1.165, 1.54) is 0 Å². The Kier molecular flexibility index (Phi) is 2.93. The summed E-state index contributed by atoms with van der Waals surface area (Å²) in [7, 11) is 0. The number of ether oxygens (including phenoxy) is 1. The average molecular weight is 247 g/mol. The summed E-state index contributed by atoms with van der Waals surface area (Å²) in [4.78, 5) is 4.36. The molecule has 1 saturated heterocycles. The van der Waals surface area contributed by atoms with Crippen molar-refractivity contribution in [3.8, 4) is 0 Å². The van der Waals surface area contributed by atoms with Crippen molar-refractivity contribution in [2.75, 3.05) is 12.3 Å². The zero-order valence-corrected chi connectivity index (χ0v) is 10.1. The summed E-state index contributed by atoms with van der Waals surface area (Å²) in [6, 6.07) is 3.79. The highest BCUT2D eigenvalue weighted by Gasteiger charge is 2.25. The molecule has 0 unspecified atom stereocenters. The number of nitrogen functional groups attached to an aromatic ring is 1. The second kappa shape index (κ2) is 4.59. The van der Waals surface area contributed by atoms with Gasteiger partial charge >= 0.3 is 0 Å². The number of nitrogens with zero attached hydrogens (tertiary/aromatic N) is 2. The van der Waals surface area contributed by atoms with Crippen LogP contribution in [0.4, 0.5) is 5.69 Å². The molecule has 1 aliphatic rings. The van der Waals surface area contributed by atoms with Gasteiger partial charge in [0.1, 0.15) is 5.65 Å². The van der Waals surface area contributed by atoms with E-state index in [1.54, 1.807) is 12.3 Å². The van der Waals surface area contributed by atoms with Gasteiger partial charge in [0.05, 0.1) is 25.4 Å². The van der Waals surface area contributed by atoms with Gasteiger partial charge in [-0.25, -0.2) is 4.98 Å². The van der Waals surface area contributed by atoms with Gasteiger partial charge in [-0.3, -0.25) is 0 Å². The highest BCUT2D eigenvalue weighted by molar-refractivity contribution is 5.88. The summed E-state index contributed by atoms with van der Waals surface area (Å²) < 4.78 is 7.80. The number of aliphatic hydroxyl groups excluding tert-OH is 1. The number of pyridine rings is 1. The Hall–Kier alpha value is -1.59. The minimum Gasteiger partial charge on any atom is -0.398 e. The maximum Gasteiger partial charge on any atom is 0.141 e. The zero-order chi connectivity index (χ0) is 12.5. The number of aromatic nitrogens is 2. The predicted octanol–water partition coefficient (Wildman–Crippen LogP) is 1.16. The lowest BCUT2D eigenvalue weighted by molar-refractivity contribution is 0.00543. The van der Waals surface area contributed by atoms with Gasteiger partial charge in [-0.2, -0.15) is 0 Å². The van der Waals surface area contributed by atoms with Gasteiger partial charge in [0.2, 0.25) is 0 Å². The van der Waals surface area contributed by atoms with Crippen molar-refractivity contribution >= 4 is 16.7 Å². The van der Waals surface area contributed by atoms with Crippen molar-refractivity contribution in [3.05, 3.63) is 24.5 Å². The molecule has 3 rings (SSSR count). The predicted molar refractivity (Wildman–Crippen MR) is 69.1 cm³/mol. The Labute approximate surface area is 105 Å². The zero-order valence-electron chi connectivity index (χ0n) is 10.1. The maximum absolute atomic E-state index is 9.06. The lowest BCUT2D eigenvalue weighted by atomic mass is 10.2. The van der Waals surface area contributed by atoms with Crippen LogP contribution in [0, 0.1) is 0 Å². The normalized spacial score (nSPS) is 23.8. The molecule has 18 heavy (non-hydrogen) atoms. The quantitative estimate of drug-likeness (QED) is 0.853. The molecule has 0 bridgehead atoms. The van der Waals surface area contributed by atoms with Gasteiger partial charge in [-0.1, -0.05) is 0 Å². The first-order valence-electron chi connectivity index (χ1n) is 6.23. The Morgan fingerprint density at radius 1 is 1.39 bits per heavy atom. The molecule has 2 aromatic rings. The molecule has 0 radical (unpaired) electrons. The van der Waals surface area contributed by atoms with Crippen LogP contribution in [0.3, 0.4) is 0 Å². The molecular formula is C13H17N3O2. The van der Waals surface area contributed by atoms with E-state index in [9.17, 15) is 0 Å². The fourth-order valence-electron chi connectivity index (χ4n) is 2.53. The molecule has 0 saturated carbocycles. The third-order valence-corrected chi connectivity index (χ3v) is 3.50. The minimum atomic E-state index is -0.00476. The van der Waals surface area contributed by atoms with Crippen LogP contribution in [0.2, 0.25) is 0 Å². The summed E-state index contributed by atoms with van der Waals surface area (Å²) in [5.74, 6) is 0. The van der Waals surface area contributed by atoms with E-state index >= 15 is 0 Å². The van der Waals surface area contributed by atoms with Crippen LogP contribution in [-0.2, 0) is 11.3 Å². The van der Waals surface area contributed by atoms with Crippen LogP contribution >= 0.6 is 0 Å². The summed E-state index contributed by atoms with van der Waals surface area (Å²) in [6.45, 7) is 0.866. The third kappa shape index (κ3) is 1.95. The standard InChI is InChI=1S/C13H17N3O2/c14-12-3-5-15-13-11(12)4-6-16(13)7-9-1-2-10(8-17)18-9/h3-6,9-10,17H,1-2,7-8H2,(H2,14,15)/t9-,10+/m1/s1. The molecule has 0 spiro atoms. The number of hydrogen-bond acceptors (Lipinski definition) is 4. The number of fused-ring (bicyclic) bond motifs is 1. The van der Waals surface area contributed by atoms with Gasteiger partial charge in [-0.05, 0) is 25.0 Å². The molecule has 5 heteroatoms. The molecule has 1 aliphatic heterocycles. The van der Waals surface area contributed by atoms with E-state index in [0.29, 0.717) is 0 Å². The summed E-state index contributed by atoms with van der Waals surface area (Å²) in [6.07, 6.45) is 5.77. The van der Waals surface area contributed by atoms with Crippen LogP contribution < -0.4 is 5.73 Å². The lowest BCUT2D eigenvalue weighted by Gasteiger charge is -2.13. The highest BCUT2D eigenvalue weighted by atomic mass is 16.5. The van der Waals surface area contributed by atoms with Crippen molar-refractivity contribution in [3.63, 3.8) is 0 Å². The topological polar surface area (TPSA) is 73.3 Å². The number of rotatable bonds is 3. The molecule has 1 fully saturated rings. The monoisotopic (exact) mass is 247 g/mol. The number of anilines is 1. The van der Waals surface area contributed by atoms with Gasteiger partial charge < -0.3 is 20.1 Å². The van der Waals surface area contributed by atoms with Gasteiger partial charge in [-0.15, -0.1) is 0 Å². The fourth-order valence-corrected chi connectivity index (χ4v) is 2.53. The van der Waals surface area contributed by atoms with Crippen LogP contribution in [0.1, 0.15) is 12.8 Å². The number of aliphatic hydroxyl groups is 1. The molecule has 3 heterocycles. The molecule has 0 aromatic carbocycles. The van der Waals surface area contributed by atoms with Crippen molar-refractivity contribution in [2.45, 2.75) is 31.6 Å². The number of hydrogen-bond donors (Lipinski definition) is 2. The molecule has 0 aliphatic carbocycles. The second-order valence-corrected chi connectivity index (χ2v) is 4.75. The first kappa shape index (κ1) is 11.5. The molecule has 2 aromatic heterocycles.